The molecular formula is C20H23N. The van der Waals surface area contributed by atoms with Crippen molar-refractivity contribution in [2.24, 2.45) is 0 Å². The second kappa shape index (κ2) is 6.01. The van der Waals surface area contributed by atoms with Gasteiger partial charge in [-0.2, -0.15) is 0 Å². The van der Waals surface area contributed by atoms with Crippen LogP contribution in [0.3, 0.4) is 0 Å². The molecule has 108 valence electrons. The van der Waals surface area contributed by atoms with Crippen molar-refractivity contribution in [2.45, 2.75) is 27.7 Å². The van der Waals surface area contributed by atoms with Gasteiger partial charge in [-0.25, -0.2) is 0 Å². The van der Waals surface area contributed by atoms with Crippen LogP contribution in [0.25, 0.3) is 22.0 Å². The minimum Gasteiger partial charge on any atom is -0.355 e. The van der Waals surface area contributed by atoms with Crippen molar-refractivity contribution >= 4 is 22.0 Å². The molecule has 0 fully saturated rings. The van der Waals surface area contributed by atoms with Gasteiger partial charge in [-0.3, -0.25) is 0 Å². The van der Waals surface area contributed by atoms with Crippen LogP contribution in [-0.2, 0) is 0 Å². The van der Waals surface area contributed by atoms with Crippen LogP contribution in [0.15, 0.2) is 60.7 Å². The number of aromatic amines is 1. The van der Waals surface area contributed by atoms with Gasteiger partial charge in [0.15, 0.2) is 0 Å². The summed E-state index contributed by atoms with van der Waals surface area (Å²) in [6, 6.07) is 8.54. The summed E-state index contributed by atoms with van der Waals surface area (Å²) in [7, 11) is 0. The van der Waals surface area contributed by atoms with Crippen molar-refractivity contribution in [2.75, 3.05) is 0 Å². The van der Waals surface area contributed by atoms with E-state index in [-0.39, 0.29) is 0 Å². The molecular weight excluding hydrogens is 254 g/mol. The van der Waals surface area contributed by atoms with Gasteiger partial charge in [0, 0.05) is 16.6 Å². The standard InChI is InChI=1S/C20H23N/c1-7-8-18(14(4)5)15(6)20-12-17-11-16(13(2)3)9-10-19(17)21-20/h7-12,21H,2,6H2,1,3-5H3/b8-7-. The highest BCUT2D eigenvalue weighted by Gasteiger charge is 2.09. The maximum atomic E-state index is 4.26. The molecule has 0 bridgehead atoms. The number of nitrogens with one attached hydrogen (secondary N) is 1. The zero-order valence-corrected chi connectivity index (χ0v) is 13.4. The number of hydrogen-bond donors (Lipinski definition) is 1. The lowest BCUT2D eigenvalue weighted by Crippen LogP contribution is -1.88. The Hall–Kier alpha value is -2.28. The van der Waals surface area contributed by atoms with E-state index in [1.54, 1.807) is 0 Å². The summed E-state index contributed by atoms with van der Waals surface area (Å²) in [5.74, 6) is 0. The lowest BCUT2D eigenvalue weighted by atomic mass is 9.99. The monoisotopic (exact) mass is 277 g/mol. The number of hydrogen-bond acceptors (Lipinski definition) is 0. The maximum Gasteiger partial charge on any atom is 0.0464 e. The molecule has 1 heterocycles. The highest BCUT2D eigenvalue weighted by molar-refractivity contribution is 5.90. The van der Waals surface area contributed by atoms with E-state index in [2.05, 4.69) is 68.4 Å². The average Bonchev–Trinajstić information content (AvgIpc) is 2.86. The molecule has 21 heavy (non-hydrogen) atoms. The van der Waals surface area contributed by atoms with Gasteiger partial charge in [-0.15, -0.1) is 0 Å². The van der Waals surface area contributed by atoms with Gasteiger partial charge in [-0.1, -0.05) is 42.5 Å². The second-order valence-corrected chi connectivity index (χ2v) is 5.66. The topological polar surface area (TPSA) is 15.8 Å². The van der Waals surface area contributed by atoms with E-state index in [0.29, 0.717) is 0 Å². The Kier molecular flexibility index (Phi) is 4.32. The van der Waals surface area contributed by atoms with E-state index in [1.165, 1.54) is 22.1 Å². The molecule has 2 rings (SSSR count). The summed E-state index contributed by atoms with van der Waals surface area (Å²) in [5, 5.41) is 1.19. The van der Waals surface area contributed by atoms with Crippen molar-refractivity contribution in [3.8, 4) is 0 Å². The quantitative estimate of drug-likeness (QED) is 0.647. The van der Waals surface area contributed by atoms with Crippen LogP contribution in [0, 0.1) is 0 Å². The Morgan fingerprint density at radius 3 is 2.38 bits per heavy atom. The van der Waals surface area contributed by atoms with Gasteiger partial charge in [0.1, 0.15) is 0 Å². The van der Waals surface area contributed by atoms with E-state index in [4.69, 9.17) is 0 Å². The molecule has 0 aliphatic rings. The minimum absolute atomic E-state index is 1.03. The molecule has 0 spiro atoms. The molecule has 0 unspecified atom stereocenters. The van der Waals surface area contributed by atoms with Crippen LogP contribution in [0.5, 0.6) is 0 Å². The number of aromatic nitrogens is 1. The van der Waals surface area contributed by atoms with Crippen LogP contribution in [0.4, 0.5) is 0 Å². The summed E-state index contributed by atoms with van der Waals surface area (Å²) in [6.45, 7) is 16.5. The first-order chi connectivity index (χ1) is 9.93. The van der Waals surface area contributed by atoms with Gasteiger partial charge in [0.2, 0.25) is 0 Å². The molecule has 0 aliphatic heterocycles. The second-order valence-electron chi connectivity index (χ2n) is 5.66. The molecule has 0 radical (unpaired) electrons. The van der Waals surface area contributed by atoms with Gasteiger partial charge < -0.3 is 4.98 Å². The minimum atomic E-state index is 1.03. The summed E-state index contributed by atoms with van der Waals surface area (Å²) < 4.78 is 0. The summed E-state index contributed by atoms with van der Waals surface area (Å²) in [5.41, 5.74) is 7.93. The molecule has 0 amide bonds. The maximum absolute atomic E-state index is 4.26. The van der Waals surface area contributed by atoms with Crippen LogP contribution < -0.4 is 0 Å². The predicted octanol–water partition coefficient (Wildman–Crippen LogP) is 6.13. The molecule has 0 saturated heterocycles. The van der Waals surface area contributed by atoms with Gasteiger partial charge >= 0.3 is 0 Å². The Bertz CT molecular complexity index is 762. The number of fused-ring (bicyclic) bond motifs is 1. The zero-order chi connectivity index (χ0) is 15.6. The average molecular weight is 277 g/mol. The largest absolute Gasteiger partial charge is 0.355 e. The third-order valence-corrected chi connectivity index (χ3v) is 3.64. The Labute approximate surface area is 127 Å². The first-order valence-electron chi connectivity index (χ1n) is 7.22. The molecule has 1 heteroatoms. The van der Waals surface area contributed by atoms with E-state index in [0.717, 1.165) is 22.4 Å². The third-order valence-electron chi connectivity index (χ3n) is 3.64. The van der Waals surface area contributed by atoms with E-state index < -0.39 is 0 Å². The number of allylic oxidation sites excluding steroid dienone is 6. The summed E-state index contributed by atoms with van der Waals surface area (Å²) in [6.07, 6.45) is 4.16. The van der Waals surface area contributed by atoms with Gasteiger partial charge in [-0.05, 0) is 62.6 Å². The van der Waals surface area contributed by atoms with E-state index in [9.17, 15) is 0 Å². The number of rotatable bonds is 4. The fourth-order valence-corrected chi connectivity index (χ4v) is 2.44. The summed E-state index contributed by atoms with van der Waals surface area (Å²) >= 11 is 0. The lowest BCUT2D eigenvalue weighted by molar-refractivity contribution is 1.32. The molecule has 0 aliphatic carbocycles. The Balaban J connectivity index is 2.50. The van der Waals surface area contributed by atoms with Crippen molar-refractivity contribution in [1.29, 1.82) is 0 Å². The highest BCUT2D eigenvalue weighted by atomic mass is 14.7. The first kappa shape index (κ1) is 15.1. The van der Waals surface area contributed by atoms with Crippen LogP contribution in [-0.4, -0.2) is 4.98 Å². The zero-order valence-electron chi connectivity index (χ0n) is 13.4. The van der Waals surface area contributed by atoms with Crippen LogP contribution in [0.1, 0.15) is 39.0 Å². The van der Waals surface area contributed by atoms with Crippen LogP contribution >= 0.6 is 0 Å². The molecule has 1 nitrogen and oxygen atoms in total. The first-order valence-corrected chi connectivity index (χ1v) is 7.22. The van der Waals surface area contributed by atoms with E-state index in [1.807, 2.05) is 13.8 Å². The Morgan fingerprint density at radius 2 is 1.81 bits per heavy atom. The van der Waals surface area contributed by atoms with Crippen molar-refractivity contribution in [3.63, 3.8) is 0 Å². The molecule has 1 aromatic carbocycles. The fourth-order valence-electron chi connectivity index (χ4n) is 2.44. The molecule has 0 atom stereocenters. The lowest BCUT2D eigenvalue weighted by Gasteiger charge is -2.07. The normalized spacial score (nSPS) is 11.0. The molecule has 1 N–H and O–H groups in total. The van der Waals surface area contributed by atoms with E-state index >= 15 is 0 Å². The number of benzene rings is 1. The number of H-pyrrole nitrogens is 1. The molecule has 1 aromatic heterocycles. The van der Waals surface area contributed by atoms with Gasteiger partial charge in [0.05, 0.1) is 0 Å². The SMILES string of the molecule is C=C(C)c1ccc2[nH]c(C(=C)C(/C=C\C)=C(C)C)cc2c1. The van der Waals surface area contributed by atoms with Crippen molar-refractivity contribution < 1.29 is 0 Å². The predicted molar refractivity (Wildman–Crippen MR) is 95.2 cm³/mol. The smallest absolute Gasteiger partial charge is 0.0464 e. The Morgan fingerprint density at radius 1 is 1.10 bits per heavy atom. The van der Waals surface area contributed by atoms with Crippen molar-refractivity contribution in [1.82, 2.24) is 4.98 Å². The third kappa shape index (κ3) is 3.08. The van der Waals surface area contributed by atoms with Crippen LogP contribution in [0.2, 0.25) is 0 Å². The fraction of sp³-hybridized carbons (Fsp3) is 0.200. The van der Waals surface area contributed by atoms with Gasteiger partial charge in [0.25, 0.3) is 0 Å². The van der Waals surface area contributed by atoms with Crippen molar-refractivity contribution in [3.05, 3.63) is 72.0 Å². The summed E-state index contributed by atoms with van der Waals surface area (Å²) in [4.78, 5) is 3.46. The molecule has 0 saturated carbocycles. The highest BCUT2D eigenvalue weighted by Crippen LogP contribution is 2.28. The molecule has 2 aromatic rings.